The van der Waals surface area contributed by atoms with Crippen LogP contribution in [-0.4, -0.2) is 49.6 Å². The molecule has 0 amide bonds. The van der Waals surface area contributed by atoms with E-state index in [4.69, 9.17) is 21.1 Å². The van der Waals surface area contributed by atoms with Gasteiger partial charge in [0.15, 0.2) is 15.6 Å². The number of nitrogens with zero attached hydrogens (tertiary/aromatic N) is 1. The summed E-state index contributed by atoms with van der Waals surface area (Å²) in [6.07, 6.45) is 2.98. The van der Waals surface area contributed by atoms with Crippen molar-refractivity contribution >= 4 is 27.2 Å². The number of halogens is 1. The molecule has 2 heterocycles. The summed E-state index contributed by atoms with van der Waals surface area (Å²) >= 11 is 6.33. The lowest BCUT2D eigenvalue weighted by Gasteiger charge is -2.27. The van der Waals surface area contributed by atoms with Gasteiger partial charge in [0.2, 0.25) is 5.78 Å². The summed E-state index contributed by atoms with van der Waals surface area (Å²) in [6.45, 7) is 2.88. The van der Waals surface area contributed by atoms with Crippen LogP contribution in [0.15, 0.2) is 28.0 Å². The van der Waals surface area contributed by atoms with Crippen molar-refractivity contribution in [1.29, 1.82) is 0 Å². The average Bonchev–Trinajstić information content (AvgIpc) is 2.93. The number of carbonyl (C=O) groups excluding carboxylic acids is 1. The first kappa shape index (κ1) is 19.7. The maximum Gasteiger partial charge on any atom is 0.277 e. The van der Waals surface area contributed by atoms with E-state index in [0.717, 1.165) is 12.7 Å². The van der Waals surface area contributed by atoms with Crippen LogP contribution in [0, 0.1) is 0 Å². The van der Waals surface area contributed by atoms with Crippen molar-refractivity contribution < 1.29 is 22.7 Å². The number of benzene rings is 1. The van der Waals surface area contributed by atoms with E-state index in [0.29, 0.717) is 13.2 Å². The largest absolute Gasteiger partial charge is 0.488 e. The Morgan fingerprint density at radius 2 is 2.11 bits per heavy atom. The Kier molecular flexibility index (Phi) is 5.45. The Morgan fingerprint density at radius 3 is 2.63 bits per heavy atom. The number of hydrogen-bond donors (Lipinski definition) is 1. The highest BCUT2D eigenvalue weighted by atomic mass is 35.5. The molecule has 1 unspecified atom stereocenters. The summed E-state index contributed by atoms with van der Waals surface area (Å²) in [5.74, 6) is -0.717. The van der Waals surface area contributed by atoms with Crippen LogP contribution in [0.4, 0.5) is 0 Å². The lowest BCUT2D eigenvalue weighted by molar-refractivity contribution is -0.0724. The van der Waals surface area contributed by atoms with E-state index in [1.165, 1.54) is 23.0 Å². The monoisotopic (exact) mass is 414 g/mol. The van der Waals surface area contributed by atoms with Gasteiger partial charge in [-0.05, 0) is 19.1 Å². The molecular formula is C17H19ClN2O6S. The number of aromatic amines is 1. The molecule has 0 radical (unpaired) electrons. The fourth-order valence-corrected chi connectivity index (χ4v) is 3.86. The highest BCUT2D eigenvalue weighted by Gasteiger charge is 2.27. The van der Waals surface area contributed by atoms with Crippen LogP contribution in [0.5, 0.6) is 5.75 Å². The molecule has 1 aliphatic rings. The third-order valence-electron chi connectivity index (χ3n) is 4.31. The summed E-state index contributed by atoms with van der Waals surface area (Å²) in [6, 6.07) is 2.55. The summed E-state index contributed by atoms with van der Waals surface area (Å²) in [7, 11) is -3.64. The molecule has 0 bridgehead atoms. The molecule has 3 rings (SSSR count). The Hall–Kier alpha value is -2.10. The first-order valence-electron chi connectivity index (χ1n) is 8.34. The maximum atomic E-state index is 12.8. The molecule has 0 aliphatic carbocycles. The average molecular weight is 415 g/mol. The van der Waals surface area contributed by atoms with Gasteiger partial charge in [0.1, 0.15) is 17.1 Å². The predicted molar refractivity (Wildman–Crippen MR) is 98.6 cm³/mol. The third-order valence-corrected chi connectivity index (χ3v) is 5.81. The zero-order valence-electron chi connectivity index (χ0n) is 14.8. The van der Waals surface area contributed by atoms with Crippen molar-refractivity contribution in [2.24, 2.45) is 0 Å². The summed E-state index contributed by atoms with van der Waals surface area (Å²) < 4.78 is 36.3. The molecule has 0 spiro atoms. The molecule has 1 atom stereocenters. The van der Waals surface area contributed by atoms with Gasteiger partial charge in [-0.15, -0.1) is 0 Å². The minimum atomic E-state index is -3.64. The minimum absolute atomic E-state index is 0.00653. The van der Waals surface area contributed by atoms with Crippen LogP contribution in [0.2, 0.25) is 5.02 Å². The first-order valence-corrected chi connectivity index (χ1v) is 10.6. The fourth-order valence-electron chi connectivity index (χ4n) is 2.68. The van der Waals surface area contributed by atoms with Gasteiger partial charge < -0.3 is 14.6 Å². The maximum absolute atomic E-state index is 12.8. The van der Waals surface area contributed by atoms with Crippen LogP contribution in [0.25, 0.3) is 0 Å². The molecule has 1 aromatic carbocycles. The zero-order chi connectivity index (χ0) is 19.8. The number of aryl methyl sites for hydroxylation is 1. The number of ketones is 1. The molecule has 1 saturated heterocycles. The summed E-state index contributed by atoms with van der Waals surface area (Å²) in [5, 5.41) is 2.55. The van der Waals surface area contributed by atoms with Crippen molar-refractivity contribution in [1.82, 2.24) is 9.78 Å². The quantitative estimate of drug-likeness (QED) is 0.690. The molecule has 1 aliphatic heterocycles. The molecule has 1 fully saturated rings. The molecule has 10 heteroatoms. The van der Waals surface area contributed by atoms with Gasteiger partial charge in [-0.25, -0.2) is 8.42 Å². The van der Waals surface area contributed by atoms with Gasteiger partial charge in [-0.2, -0.15) is 0 Å². The summed E-state index contributed by atoms with van der Waals surface area (Å²) in [4.78, 5) is 24.9. The van der Waals surface area contributed by atoms with Crippen molar-refractivity contribution in [2.75, 3.05) is 19.5 Å². The predicted octanol–water partition coefficient (Wildman–Crippen LogP) is 1.65. The number of ether oxygens (including phenoxy) is 2. The lowest BCUT2D eigenvalue weighted by Crippen LogP contribution is -2.32. The highest BCUT2D eigenvalue weighted by molar-refractivity contribution is 7.90. The number of sulfone groups is 1. The van der Waals surface area contributed by atoms with E-state index in [1.54, 1.807) is 6.92 Å². The smallest absolute Gasteiger partial charge is 0.277 e. The van der Waals surface area contributed by atoms with Crippen LogP contribution in [0.1, 0.15) is 29.3 Å². The van der Waals surface area contributed by atoms with E-state index in [9.17, 15) is 18.0 Å². The molecule has 1 aromatic heterocycles. The lowest BCUT2D eigenvalue weighted by atomic mass is 10.1. The summed E-state index contributed by atoms with van der Waals surface area (Å²) in [5.41, 5.74) is -0.567. The van der Waals surface area contributed by atoms with E-state index < -0.39 is 21.2 Å². The van der Waals surface area contributed by atoms with Crippen molar-refractivity contribution in [3.8, 4) is 5.75 Å². The Balaban J connectivity index is 2.04. The standard InChI is InChI=1S/C17H19ClN2O6S/c1-3-20-17(22)12(8-19-20)15(21)11-4-5-13(27(2,23)24)16(14(11)18)26-9-10-6-7-25-10/h4-5,8,10,19H,3,6-7,9H2,1-2H3. The second kappa shape index (κ2) is 7.49. The van der Waals surface area contributed by atoms with Gasteiger partial charge in [0.25, 0.3) is 5.56 Å². The van der Waals surface area contributed by atoms with Gasteiger partial charge in [-0.3, -0.25) is 14.3 Å². The first-order chi connectivity index (χ1) is 12.7. The van der Waals surface area contributed by atoms with Crippen LogP contribution in [0.3, 0.4) is 0 Å². The minimum Gasteiger partial charge on any atom is -0.488 e. The van der Waals surface area contributed by atoms with Gasteiger partial charge in [0, 0.05) is 37.6 Å². The zero-order valence-corrected chi connectivity index (χ0v) is 16.4. The number of aromatic nitrogens is 2. The number of nitrogens with one attached hydrogen (secondary N) is 1. The van der Waals surface area contributed by atoms with Crippen molar-refractivity contribution in [3.05, 3.63) is 44.8 Å². The molecule has 0 saturated carbocycles. The molecule has 27 heavy (non-hydrogen) atoms. The van der Waals surface area contributed by atoms with E-state index in [-0.39, 0.29) is 39.5 Å². The number of hydrogen-bond acceptors (Lipinski definition) is 6. The van der Waals surface area contributed by atoms with Gasteiger partial charge in [-0.1, -0.05) is 11.6 Å². The normalized spacial score (nSPS) is 16.8. The second-order valence-electron chi connectivity index (χ2n) is 6.18. The molecule has 1 N–H and O–H groups in total. The topological polar surface area (TPSA) is 107 Å². The van der Waals surface area contributed by atoms with Gasteiger partial charge >= 0.3 is 0 Å². The van der Waals surface area contributed by atoms with Crippen molar-refractivity contribution in [2.45, 2.75) is 30.9 Å². The molecule has 2 aromatic rings. The Labute approximate surface area is 160 Å². The molecule has 146 valence electrons. The Bertz CT molecular complexity index is 1040. The van der Waals surface area contributed by atoms with Crippen LogP contribution in [-0.2, 0) is 21.1 Å². The number of rotatable bonds is 7. The molecular weight excluding hydrogens is 396 g/mol. The third kappa shape index (κ3) is 3.80. The number of H-pyrrole nitrogens is 1. The molecule has 8 nitrogen and oxygen atoms in total. The second-order valence-corrected chi connectivity index (χ2v) is 8.55. The highest BCUT2D eigenvalue weighted by Crippen LogP contribution is 2.36. The fraction of sp³-hybridized carbons (Fsp3) is 0.412. The van der Waals surface area contributed by atoms with Crippen LogP contribution < -0.4 is 10.3 Å². The van der Waals surface area contributed by atoms with Gasteiger partial charge in [0.05, 0.1) is 11.1 Å². The van der Waals surface area contributed by atoms with E-state index in [1.807, 2.05) is 0 Å². The van der Waals surface area contributed by atoms with Crippen LogP contribution >= 0.6 is 11.6 Å². The SMILES string of the molecule is CCn1[nH]cc(C(=O)c2ccc(S(C)(=O)=O)c(OCC3CCO3)c2Cl)c1=O. The van der Waals surface area contributed by atoms with E-state index >= 15 is 0 Å². The number of carbonyl (C=O) groups is 1. The van der Waals surface area contributed by atoms with Crippen molar-refractivity contribution in [3.63, 3.8) is 0 Å². The Morgan fingerprint density at radius 1 is 1.41 bits per heavy atom. The van der Waals surface area contributed by atoms with E-state index in [2.05, 4.69) is 5.10 Å².